The van der Waals surface area contributed by atoms with E-state index in [2.05, 4.69) is 19.1 Å². The number of unbranched alkanes of at least 4 members (excludes halogenated alkanes) is 6. The van der Waals surface area contributed by atoms with Crippen LogP contribution in [0.1, 0.15) is 84.0 Å². The van der Waals surface area contributed by atoms with Gasteiger partial charge in [0.05, 0.1) is 6.67 Å². The van der Waals surface area contributed by atoms with Crippen molar-refractivity contribution in [1.82, 2.24) is 0 Å². The second kappa shape index (κ2) is 12.4. The highest BCUT2D eigenvalue weighted by Crippen LogP contribution is 2.41. The van der Waals surface area contributed by atoms with Crippen molar-refractivity contribution in [3.8, 4) is 0 Å². The van der Waals surface area contributed by atoms with Crippen LogP contribution < -0.4 is 0 Å². The molecule has 0 amide bonds. The molecular formula is C21H37FO4. The van der Waals surface area contributed by atoms with E-state index in [0.29, 0.717) is 18.3 Å². The molecular weight excluding hydrogens is 335 g/mol. The summed E-state index contributed by atoms with van der Waals surface area (Å²) in [5, 5.41) is 27.3. The summed E-state index contributed by atoms with van der Waals surface area (Å²) in [4.78, 5) is 10.6. The Morgan fingerprint density at radius 3 is 2.42 bits per heavy atom. The normalized spacial score (nSPS) is 23.8. The lowest BCUT2D eigenvalue weighted by atomic mass is 9.86. The first kappa shape index (κ1) is 23.1. The third-order valence-electron chi connectivity index (χ3n) is 5.72. The Balaban J connectivity index is 2.32. The van der Waals surface area contributed by atoms with E-state index in [9.17, 15) is 19.4 Å². The molecule has 3 atom stereocenters. The van der Waals surface area contributed by atoms with Crippen molar-refractivity contribution < 1.29 is 24.5 Å². The molecule has 0 bridgehead atoms. The molecule has 3 N–H and O–H groups in total. The number of carbonyl (C=O) groups is 1. The van der Waals surface area contributed by atoms with Gasteiger partial charge in [-0.05, 0) is 56.3 Å². The fourth-order valence-corrected chi connectivity index (χ4v) is 4.03. The second-order valence-electron chi connectivity index (χ2n) is 7.83. The molecule has 26 heavy (non-hydrogen) atoms. The van der Waals surface area contributed by atoms with E-state index in [4.69, 9.17) is 5.11 Å². The molecule has 5 heteroatoms. The van der Waals surface area contributed by atoms with Crippen molar-refractivity contribution in [2.24, 2.45) is 17.8 Å². The van der Waals surface area contributed by atoms with Crippen molar-refractivity contribution in [1.29, 1.82) is 0 Å². The number of hydrogen-bond donors (Lipinski definition) is 3. The number of halogens is 1. The van der Waals surface area contributed by atoms with E-state index in [1.807, 2.05) is 0 Å². The third kappa shape index (κ3) is 8.17. The molecule has 0 unspecified atom stereocenters. The largest absolute Gasteiger partial charge is 0.477 e. The average molecular weight is 373 g/mol. The summed E-state index contributed by atoms with van der Waals surface area (Å²) in [6.45, 7) is 1.95. The zero-order valence-corrected chi connectivity index (χ0v) is 16.2. The average Bonchev–Trinajstić information content (AvgIpc) is 2.99. The highest BCUT2D eigenvalue weighted by atomic mass is 19.1. The molecule has 0 aromatic heterocycles. The molecule has 1 aliphatic carbocycles. The van der Waals surface area contributed by atoms with Crippen LogP contribution in [0.3, 0.4) is 0 Å². The summed E-state index contributed by atoms with van der Waals surface area (Å²) in [7, 11) is 0. The molecule has 1 saturated carbocycles. The van der Waals surface area contributed by atoms with Crippen LogP contribution in [0.25, 0.3) is 0 Å². The van der Waals surface area contributed by atoms with Gasteiger partial charge in [0.15, 0.2) is 0 Å². The van der Waals surface area contributed by atoms with Gasteiger partial charge in [-0.25, -0.2) is 4.79 Å². The van der Waals surface area contributed by atoms with Crippen LogP contribution in [0.5, 0.6) is 0 Å². The van der Waals surface area contributed by atoms with Gasteiger partial charge in [-0.3, -0.25) is 4.39 Å². The van der Waals surface area contributed by atoms with E-state index < -0.39 is 11.8 Å². The SMILES string of the molecule is CCCCCCC=C[C@@H]1[C@H](CCCCCC(O)(O)C(=O)O)CC[C@H]1CF. The molecule has 0 radical (unpaired) electrons. The second-order valence-corrected chi connectivity index (χ2v) is 7.83. The van der Waals surface area contributed by atoms with Gasteiger partial charge in [0.1, 0.15) is 0 Å². The van der Waals surface area contributed by atoms with Crippen LogP contribution in [0.4, 0.5) is 4.39 Å². The highest BCUT2D eigenvalue weighted by Gasteiger charge is 2.34. The fourth-order valence-electron chi connectivity index (χ4n) is 4.03. The van der Waals surface area contributed by atoms with Crippen LogP contribution in [0, 0.1) is 17.8 Å². The van der Waals surface area contributed by atoms with E-state index in [1.165, 1.54) is 25.7 Å². The Kier molecular flexibility index (Phi) is 11.1. The molecule has 4 nitrogen and oxygen atoms in total. The van der Waals surface area contributed by atoms with Gasteiger partial charge in [-0.1, -0.05) is 51.2 Å². The summed E-state index contributed by atoms with van der Waals surface area (Å²) in [6.07, 6.45) is 15.5. The maximum Gasteiger partial charge on any atom is 0.364 e. The topological polar surface area (TPSA) is 77.8 Å². The quantitative estimate of drug-likeness (QED) is 0.232. The summed E-state index contributed by atoms with van der Waals surface area (Å²) >= 11 is 0. The van der Waals surface area contributed by atoms with E-state index in [-0.39, 0.29) is 19.0 Å². The first-order valence-corrected chi connectivity index (χ1v) is 10.3. The molecule has 0 aromatic rings. The number of carboxylic acid groups (broad SMARTS) is 1. The van der Waals surface area contributed by atoms with E-state index in [1.54, 1.807) is 0 Å². The lowest BCUT2D eigenvalue weighted by Gasteiger charge is -2.20. The number of aliphatic carboxylic acids is 1. The smallest absolute Gasteiger partial charge is 0.364 e. The molecule has 1 aliphatic rings. The minimum atomic E-state index is -2.62. The van der Waals surface area contributed by atoms with Gasteiger partial charge in [-0.15, -0.1) is 0 Å². The molecule has 152 valence electrons. The van der Waals surface area contributed by atoms with Crippen molar-refractivity contribution in [2.75, 3.05) is 6.67 Å². The molecule has 1 fully saturated rings. The van der Waals surface area contributed by atoms with Crippen LogP contribution >= 0.6 is 0 Å². The van der Waals surface area contributed by atoms with E-state index >= 15 is 0 Å². The third-order valence-corrected chi connectivity index (χ3v) is 5.72. The van der Waals surface area contributed by atoms with Gasteiger partial charge in [0, 0.05) is 6.42 Å². The van der Waals surface area contributed by atoms with Crippen LogP contribution in [-0.2, 0) is 4.79 Å². The van der Waals surface area contributed by atoms with Gasteiger partial charge in [0.25, 0.3) is 5.79 Å². The first-order valence-electron chi connectivity index (χ1n) is 10.3. The lowest BCUT2D eigenvalue weighted by Crippen LogP contribution is -2.37. The molecule has 0 aromatic carbocycles. The minimum Gasteiger partial charge on any atom is -0.477 e. The zero-order valence-electron chi connectivity index (χ0n) is 16.2. The Bertz CT molecular complexity index is 422. The summed E-state index contributed by atoms with van der Waals surface area (Å²) in [6, 6.07) is 0. The molecule has 0 spiro atoms. The summed E-state index contributed by atoms with van der Waals surface area (Å²) in [5.41, 5.74) is 0. The summed E-state index contributed by atoms with van der Waals surface area (Å²) < 4.78 is 13.3. The Morgan fingerprint density at radius 1 is 1.08 bits per heavy atom. The number of allylic oxidation sites excluding steroid dienone is 2. The van der Waals surface area contributed by atoms with Crippen LogP contribution in [0.2, 0.25) is 0 Å². The maximum absolute atomic E-state index is 13.3. The Labute approximate surface area is 157 Å². The van der Waals surface area contributed by atoms with Crippen molar-refractivity contribution >= 4 is 5.97 Å². The molecule has 0 saturated heterocycles. The van der Waals surface area contributed by atoms with Gasteiger partial charge >= 0.3 is 5.97 Å². The number of alkyl halides is 1. The monoisotopic (exact) mass is 372 g/mol. The number of rotatable bonds is 14. The minimum absolute atomic E-state index is 0.140. The number of carboxylic acids is 1. The standard InChI is InChI=1S/C21H37FO4/c1-2-3-4-5-6-9-12-19-17(13-14-18(19)16-22)11-8-7-10-15-21(25,26)20(23)24/h9,12,17-19,25-26H,2-8,10-11,13-16H2,1H3,(H,23,24)/t17-,18+,19-/m1/s1. The maximum atomic E-state index is 13.3. The lowest BCUT2D eigenvalue weighted by molar-refractivity contribution is -0.205. The number of hydrogen-bond acceptors (Lipinski definition) is 3. The number of aliphatic hydroxyl groups is 2. The van der Waals surface area contributed by atoms with Crippen molar-refractivity contribution in [3.63, 3.8) is 0 Å². The molecule has 0 heterocycles. The predicted molar refractivity (Wildman–Crippen MR) is 101 cm³/mol. The van der Waals surface area contributed by atoms with Crippen molar-refractivity contribution in [3.05, 3.63) is 12.2 Å². The fraction of sp³-hybridized carbons (Fsp3) is 0.857. The van der Waals surface area contributed by atoms with E-state index in [0.717, 1.165) is 38.5 Å². The first-order chi connectivity index (χ1) is 12.4. The van der Waals surface area contributed by atoms with Gasteiger partial charge in [-0.2, -0.15) is 0 Å². The summed E-state index contributed by atoms with van der Waals surface area (Å²) in [5.74, 6) is -3.25. The van der Waals surface area contributed by atoms with Gasteiger partial charge in [0.2, 0.25) is 0 Å². The molecule has 1 rings (SSSR count). The Morgan fingerprint density at radius 2 is 1.77 bits per heavy atom. The van der Waals surface area contributed by atoms with Crippen LogP contribution in [0.15, 0.2) is 12.2 Å². The predicted octanol–water partition coefficient (Wildman–Crippen LogP) is 4.84. The highest BCUT2D eigenvalue weighted by molar-refractivity contribution is 5.74. The Hall–Kier alpha value is -0.940. The van der Waals surface area contributed by atoms with Crippen LogP contribution in [-0.4, -0.2) is 33.8 Å². The van der Waals surface area contributed by atoms with Gasteiger partial charge < -0.3 is 15.3 Å². The molecule has 0 aliphatic heterocycles. The zero-order chi connectivity index (χ0) is 19.4. The van der Waals surface area contributed by atoms with Crippen molar-refractivity contribution in [2.45, 2.75) is 89.8 Å².